The van der Waals surface area contributed by atoms with E-state index in [0.717, 1.165) is 0 Å². The van der Waals surface area contributed by atoms with Gasteiger partial charge in [-0.05, 0) is 113 Å². The van der Waals surface area contributed by atoms with Gasteiger partial charge in [-0.3, -0.25) is 0 Å². The van der Waals surface area contributed by atoms with Crippen molar-refractivity contribution in [2.24, 2.45) is 5.73 Å². The Morgan fingerprint density at radius 1 is 0.457 bits per heavy atom. The van der Waals surface area contributed by atoms with E-state index in [1.165, 1.54) is 88.0 Å². The van der Waals surface area contributed by atoms with Crippen molar-refractivity contribution >= 4 is 37.9 Å². The second-order valence-corrected chi connectivity index (χ2v) is 12.0. The van der Waals surface area contributed by atoms with Crippen molar-refractivity contribution in [2.75, 3.05) is 0 Å². The van der Waals surface area contributed by atoms with Gasteiger partial charge in [0.15, 0.2) is 0 Å². The molecule has 0 spiro atoms. The van der Waals surface area contributed by atoms with Crippen molar-refractivity contribution in [1.82, 2.24) is 0 Å². The lowest BCUT2D eigenvalue weighted by Crippen LogP contribution is -1.91. The van der Waals surface area contributed by atoms with E-state index in [0.29, 0.717) is 0 Å². The van der Waals surface area contributed by atoms with Crippen molar-refractivity contribution in [3.63, 3.8) is 0 Å². The van der Waals surface area contributed by atoms with Gasteiger partial charge in [-0.2, -0.15) is 0 Å². The summed E-state index contributed by atoms with van der Waals surface area (Å²) in [7, 11) is 0. The average Bonchev–Trinajstić information content (AvgIpc) is 3.13. The van der Waals surface area contributed by atoms with Crippen LogP contribution in [-0.4, -0.2) is 0 Å². The van der Waals surface area contributed by atoms with E-state index in [-0.39, 0.29) is 0 Å². The van der Waals surface area contributed by atoms with Crippen molar-refractivity contribution in [3.05, 3.63) is 176 Å². The van der Waals surface area contributed by atoms with Crippen LogP contribution in [0.1, 0.15) is 12.5 Å². The minimum Gasteiger partial charge on any atom is -0.405 e. The molecular formula is C45H33N. The fourth-order valence-electron chi connectivity index (χ4n) is 6.85. The average molecular weight is 588 g/mol. The van der Waals surface area contributed by atoms with Crippen molar-refractivity contribution in [2.45, 2.75) is 6.92 Å². The molecule has 8 rings (SSSR count). The summed E-state index contributed by atoms with van der Waals surface area (Å²) in [6, 6.07) is 55.6. The lowest BCUT2D eigenvalue weighted by molar-refractivity contribution is 1.54. The minimum absolute atomic E-state index is 1.18. The summed E-state index contributed by atoms with van der Waals surface area (Å²) < 4.78 is 0. The molecule has 0 amide bonds. The van der Waals surface area contributed by atoms with Crippen molar-refractivity contribution < 1.29 is 0 Å². The number of hydrogen-bond donors (Lipinski definition) is 1. The molecule has 0 heterocycles. The van der Waals surface area contributed by atoms with Gasteiger partial charge in [-0.15, -0.1) is 0 Å². The highest BCUT2D eigenvalue weighted by atomic mass is 14.5. The second kappa shape index (κ2) is 11.5. The number of nitrogens with two attached hydrogens (primary N) is 1. The van der Waals surface area contributed by atoms with Gasteiger partial charge in [0.1, 0.15) is 0 Å². The number of hydrogen-bond acceptors (Lipinski definition) is 1. The summed E-state index contributed by atoms with van der Waals surface area (Å²) in [5.74, 6) is 0. The molecule has 0 fully saturated rings. The first-order valence-corrected chi connectivity index (χ1v) is 15.8. The van der Waals surface area contributed by atoms with Gasteiger partial charge < -0.3 is 5.73 Å². The standard InChI is InChI=1S/C45H33N/c1-30(7-6-28-46)31-12-14-34(15-13-31)35-18-22-37(23-19-35)43-29-42(36-20-16-33(17-21-36)32-8-3-2-4-9-32)40-26-24-38-10-5-11-39-25-27-41(43)45(40)44(38)39/h2-29H,46H2,1H3/b28-6-,30-7+. The van der Waals surface area contributed by atoms with Crippen LogP contribution in [-0.2, 0) is 0 Å². The molecule has 218 valence electrons. The maximum absolute atomic E-state index is 5.52. The maximum Gasteiger partial charge on any atom is -0.00143 e. The lowest BCUT2D eigenvalue weighted by atomic mass is 9.85. The molecule has 1 heteroatoms. The van der Waals surface area contributed by atoms with Gasteiger partial charge in [0.25, 0.3) is 0 Å². The molecule has 0 aliphatic carbocycles. The Morgan fingerprint density at radius 2 is 0.935 bits per heavy atom. The zero-order valence-corrected chi connectivity index (χ0v) is 25.7. The Labute approximate surface area is 269 Å². The smallest absolute Gasteiger partial charge is 0.00143 e. The van der Waals surface area contributed by atoms with Crippen molar-refractivity contribution in [3.8, 4) is 44.5 Å². The van der Waals surface area contributed by atoms with Crippen LogP contribution in [0.4, 0.5) is 0 Å². The molecular weight excluding hydrogens is 555 g/mol. The van der Waals surface area contributed by atoms with Crippen LogP contribution in [0.2, 0.25) is 0 Å². The predicted molar refractivity (Wildman–Crippen MR) is 199 cm³/mol. The lowest BCUT2D eigenvalue weighted by Gasteiger charge is -2.18. The molecule has 8 aromatic rings. The Bertz CT molecular complexity index is 2360. The molecule has 2 N–H and O–H groups in total. The van der Waals surface area contributed by atoms with Crippen LogP contribution in [0, 0.1) is 0 Å². The highest BCUT2D eigenvalue weighted by Crippen LogP contribution is 2.44. The summed E-state index contributed by atoms with van der Waals surface area (Å²) in [5.41, 5.74) is 17.7. The molecule has 0 aliphatic heterocycles. The van der Waals surface area contributed by atoms with Gasteiger partial charge in [0.05, 0.1) is 0 Å². The van der Waals surface area contributed by atoms with E-state index >= 15 is 0 Å². The van der Waals surface area contributed by atoms with Gasteiger partial charge in [0.2, 0.25) is 0 Å². The van der Waals surface area contributed by atoms with E-state index in [9.17, 15) is 0 Å². The van der Waals surface area contributed by atoms with Crippen LogP contribution in [0.15, 0.2) is 170 Å². The zero-order chi connectivity index (χ0) is 31.0. The topological polar surface area (TPSA) is 26.0 Å². The van der Waals surface area contributed by atoms with Crippen LogP contribution in [0.3, 0.4) is 0 Å². The fraction of sp³-hybridized carbons (Fsp3) is 0.0222. The first kappa shape index (κ1) is 27.6. The van der Waals surface area contributed by atoms with E-state index in [1.807, 2.05) is 12.2 Å². The SMILES string of the molecule is C/C(=C\C=C/N)c1ccc(-c2ccc(-c3cc(-c4ccc(-c5ccccc5)cc4)c4ccc5cccc6ccc3c4c56)cc2)cc1. The largest absolute Gasteiger partial charge is 0.405 e. The Balaban J connectivity index is 1.26. The Hall–Kier alpha value is -5.92. The van der Waals surface area contributed by atoms with Gasteiger partial charge in [-0.25, -0.2) is 0 Å². The van der Waals surface area contributed by atoms with Crippen LogP contribution in [0.5, 0.6) is 0 Å². The quantitative estimate of drug-likeness (QED) is 0.152. The monoisotopic (exact) mass is 587 g/mol. The van der Waals surface area contributed by atoms with E-state index in [1.54, 1.807) is 6.20 Å². The van der Waals surface area contributed by atoms with E-state index in [2.05, 4.69) is 159 Å². The van der Waals surface area contributed by atoms with Crippen LogP contribution >= 0.6 is 0 Å². The van der Waals surface area contributed by atoms with Crippen LogP contribution in [0.25, 0.3) is 82.4 Å². The highest BCUT2D eigenvalue weighted by molar-refractivity contribution is 6.28. The highest BCUT2D eigenvalue weighted by Gasteiger charge is 2.17. The predicted octanol–water partition coefficient (Wildman–Crippen LogP) is 12.1. The maximum atomic E-state index is 5.52. The molecule has 0 saturated heterocycles. The second-order valence-electron chi connectivity index (χ2n) is 12.0. The molecule has 0 aliphatic rings. The molecule has 0 saturated carbocycles. The summed E-state index contributed by atoms with van der Waals surface area (Å²) in [6.07, 6.45) is 5.46. The zero-order valence-electron chi connectivity index (χ0n) is 25.7. The number of rotatable bonds is 6. The third-order valence-electron chi connectivity index (χ3n) is 9.28. The third kappa shape index (κ3) is 4.83. The molecule has 8 aromatic carbocycles. The van der Waals surface area contributed by atoms with Crippen molar-refractivity contribution in [1.29, 1.82) is 0 Å². The molecule has 0 aromatic heterocycles. The molecule has 46 heavy (non-hydrogen) atoms. The normalized spacial score (nSPS) is 12.2. The summed E-state index contributed by atoms with van der Waals surface area (Å²) in [4.78, 5) is 0. The fourth-order valence-corrected chi connectivity index (χ4v) is 6.85. The summed E-state index contributed by atoms with van der Waals surface area (Å²) >= 11 is 0. The Kier molecular flexibility index (Phi) is 6.93. The van der Waals surface area contributed by atoms with Crippen LogP contribution < -0.4 is 5.73 Å². The molecule has 0 radical (unpaired) electrons. The summed E-state index contributed by atoms with van der Waals surface area (Å²) in [5, 5.41) is 7.81. The third-order valence-corrected chi connectivity index (χ3v) is 9.28. The molecule has 0 unspecified atom stereocenters. The molecule has 1 nitrogen and oxygen atoms in total. The minimum atomic E-state index is 1.18. The first-order chi connectivity index (χ1) is 22.7. The van der Waals surface area contributed by atoms with Gasteiger partial charge in [0, 0.05) is 0 Å². The first-order valence-electron chi connectivity index (χ1n) is 15.8. The van der Waals surface area contributed by atoms with Gasteiger partial charge >= 0.3 is 0 Å². The van der Waals surface area contributed by atoms with E-state index < -0.39 is 0 Å². The Morgan fingerprint density at radius 3 is 1.46 bits per heavy atom. The number of allylic oxidation sites excluding steroid dienone is 3. The molecule has 0 atom stereocenters. The number of benzene rings is 8. The molecule has 0 bridgehead atoms. The van der Waals surface area contributed by atoms with Gasteiger partial charge in [-0.1, -0.05) is 152 Å². The van der Waals surface area contributed by atoms with E-state index in [4.69, 9.17) is 5.73 Å². The summed E-state index contributed by atoms with van der Waals surface area (Å²) in [6.45, 7) is 2.10.